The monoisotopic (exact) mass is 347 g/mol. The molecular formula is C21H18ClN3. The molecular weight excluding hydrogens is 330 g/mol. The average molecular weight is 348 g/mol. The number of benzene rings is 1. The minimum atomic E-state index is 0.741. The highest BCUT2D eigenvalue weighted by Gasteiger charge is 2.13. The van der Waals surface area contributed by atoms with Gasteiger partial charge < -0.3 is 4.98 Å². The highest BCUT2D eigenvalue weighted by atomic mass is 35.5. The number of nitrogens with zero attached hydrogens (tertiary/aromatic N) is 2. The van der Waals surface area contributed by atoms with E-state index in [1.54, 1.807) is 0 Å². The van der Waals surface area contributed by atoms with E-state index in [2.05, 4.69) is 45.0 Å². The smallest absolute Gasteiger partial charge is 0.137 e. The largest absolute Gasteiger partial charge is 0.346 e. The van der Waals surface area contributed by atoms with E-state index in [0.29, 0.717) is 0 Å². The molecule has 0 spiro atoms. The minimum absolute atomic E-state index is 0.741. The van der Waals surface area contributed by atoms with Crippen molar-refractivity contribution in [3.63, 3.8) is 0 Å². The number of aromatic amines is 1. The van der Waals surface area contributed by atoms with E-state index in [4.69, 9.17) is 11.6 Å². The molecule has 0 aliphatic carbocycles. The molecule has 25 heavy (non-hydrogen) atoms. The third kappa shape index (κ3) is 3.76. The summed E-state index contributed by atoms with van der Waals surface area (Å²) in [5.41, 5.74) is 4.47. The van der Waals surface area contributed by atoms with Crippen molar-refractivity contribution in [2.45, 2.75) is 13.0 Å². The maximum absolute atomic E-state index is 5.90. The fraction of sp³-hybridized carbons (Fsp3) is 0.190. The van der Waals surface area contributed by atoms with Crippen molar-refractivity contribution in [2.75, 3.05) is 13.1 Å². The molecule has 4 rings (SSSR count). The van der Waals surface area contributed by atoms with E-state index in [0.717, 1.165) is 42.3 Å². The van der Waals surface area contributed by atoms with Gasteiger partial charge in [0.2, 0.25) is 0 Å². The lowest BCUT2D eigenvalue weighted by Crippen LogP contribution is -2.28. The van der Waals surface area contributed by atoms with Crippen LogP contribution in [0.3, 0.4) is 0 Å². The number of pyridine rings is 1. The molecule has 1 aliphatic rings. The van der Waals surface area contributed by atoms with Crippen LogP contribution in [0.5, 0.6) is 0 Å². The first kappa shape index (κ1) is 16.0. The van der Waals surface area contributed by atoms with Crippen LogP contribution in [0.25, 0.3) is 11.0 Å². The topological polar surface area (TPSA) is 31.9 Å². The van der Waals surface area contributed by atoms with Crippen LogP contribution in [0.4, 0.5) is 0 Å². The van der Waals surface area contributed by atoms with E-state index >= 15 is 0 Å². The predicted molar refractivity (Wildman–Crippen MR) is 102 cm³/mol. The zero-order chi connectivity index (χ0) is 17.1. The second-order valence-corrected chi connectivity index (χ2v) is 6.62. The standard InChI is InChI=1S/C21H18ClN3/c22-19-7-5-16(6-8-19)3-4-17-9-12-25(13-10-17)15-18-14-24-21-20(18)2-1-11-23-21/h1-2,5-9,11,14H,10,12-13,15H2,(H,23,24). The number of hydrogen-bond donors (Lipinski definition) is 1. The Balaban J connectivity index is 1.41. The maximum Gasteiger partial charge on any atom is 0.137 e. The van der Waals surface area contributed by atoms with Crippen LogP contribution in [0, 0.1) is 11.8 Å². The molecule has 4 heteroatoms. The predicted octanol–water partition coefficient (Wildman–Crippen LogP) is 4.40. The van der Waals surface area contributed by atoms with Gasteiger partial charge in [-0.15, -0.1) is 0 Å². The van der Waals surface area contributed by atoms with Gasteiger partial charge in [-0.3, -0.25) is 4.90 Å². The summed E-state index contributed by atoms with van der Waals surface area (Å²) in [6, 6.07) is 11.8. The zero-order valence-electron chi connectivity index (χ0n) is 13.8. The molecule has 1 aromatic carbocycles. The zero-order valence-corrected chi connectivity index (χ0v) is 14.6. The molecule has 124 valence electrons. The summed E-state index contributed by atoms with van der Waals surface area (Å²) in [4.78, 5) is 10.0. The molecule has 0 unspecified atom stereocenters. The molecule has 0 atom stereocenters. The summed E-state index contributed by atoms with van der Waals surface area (Å²) in [6.07, 6.45) is 7.11. The minimum Gasteiger partial charge on any atom is -0.346 e. The van der Waals surface area contributed by atoms with Crippen LogP contribution < -0.4 is 0 Å². The van der Waals surface area contributed by atoms with E-state index in [1.165, 1.54) is 16.5 Å². The summed E-state index contributed by atoms with van der Waals surface area (Å²) in [7, 11) is 0. The van der Waals surface area contributed by atoms with Gasteiger partial charge >= 0.3 is 0 Å². The fourth-order valence-electron chi connectivity index (χ4n) is 3.04. The molecule has 3 heterocycles. The Hall–Kier alpha value is -2.54. The lowest BCUT2D eigenvalue weighted by molar-refractivity contribution is 0.289. The molecule has 3 aromatic rings. The van der Waals surface area contributed by atoms with Crippen molar-refractivity contribution >= 4 is 22.6 Å². The first-order chi connectivity index (χ1) is 12.3. The van der Waals surface area contributed by atoms with Gasteiger partial charge in [0.05, 0.1) is 0 Å². The second kappa shape index (κ2) is 7.14. The first-order valence-corrected chi connectivity index (χ1v) is 8.76. The number of H-pyrrole nitrogens is 1. The molecule has 0 radical (unpaired) electrons. The lowest BCUT2D eigenvalue weighted by atomic mass is 10.1. The summed E-state index contributed by atoms with van der Waals surface area (Å²) in [6.45, 7) is 2.88. The van der Waals surface area contributed by atoms with E-state index < -0.39 is 0 Å². The quantitative estimate of drug-likeness (QED) is 0.697. The highest BCUT2D eigenvalue weighted by Crippen LogP contribution is 2.20. The Morgan fingerprint density at radius 1 is 1.16 bits per heavy atom. The molecule has 0 fully saturated rings. The third-order valence-corrected chi connectivity index (χ3v) is 4.69. The number of fused-ring (bicyclic) bond motifs is 1. The molecule has 0 saturated heterocycles. The van der Waals surface area contributed by atoms with Crippen LogP contribution in [0.1, 0.15) is 17.5 Å². The van der Waals surface area contributed by atoms with Gasteiger partial charge in [-0.05, 0) is 48.4 Å². The second-order valence-electron chi connectivity index (χ2n) is 6.18. The average Bonchev–Trinajstić information content (AvgIpc) is 3.06. The van der Waals surface area contributed by atoms with Crippen molar-refractivity contribution in [2.24, 2.45) is 0 Å². The number of aromatic nitrogens is 2. The molecule has 1 aliphatic heterocycles. The van der Waals surface area contributed by atoms with Crippen LogP contribution >= 0.6 is 11.6 Å². The first-order valence-electron chi connectivity index (χ1n) is 8.38. The highest BCUT2D eigenvalue weighted by molar-refractivity contribution is 6.30. The van der Waals surface area contributed by atoms with E-state index in [-0.39, 0.29) is 0 Å². The van der Waals surface area contributed by atoms with Crippen molar-refractivity contribution in [1.82, 2.24) is 14.9 Å². The van der Waals surface area contributed by atoms with Gasteiger partial charge in [0.15, 0.2) is 0 Å². The Morgan fingerprint density at radius 2 is 2.04 bits per heavy atom. The fourth-order valence-corrected chi connectivity index (χ4v) is 3.16. The molecule has 0 bridgehead atoms. The van der Waals surface area contributed by atoms with Gasteiger partial charge in [0, 0.05) is 53.6 Å². The lowest BCUT2D eigenvalue weighted by Gasteiger charge is -2.24. The van der Waals surface area contributed by atoms with Crippen molar-refractivity contribution in [3.05, 3.63) is 76.6 Å². The molecule has 1 N–H and O–H groups in total. The molecule has 0 amide bonds. The number of halogens is 1. The summed E-state index contributed by atoms with van der Waals surface area (Å²) in [5.74, 6) is 6.51. The maximum atomic E-state index is 5.90. The number of hydrogen-bond acceptors (Lipinski definition) is 2. The normalized spacial score (nSPS) is 14.8. The number of nitrogens with one attached hydrogen (secondary N) is 1. The van der Waals surface area contributed by atoms with Gasteiger partial charge in [-0.25, -0.2) is 4.98 Å². The Morgan fingerprint density at radius 3 is 2.84 bits per heavy atom. The SMILES string of the molecule is Clc1ccc(C#CC2=CCN(Cc3c[nH]c4ncccc34)CC2)cc1. The summed E-state index contributed by atoms with van der Waals surface area (Å²) in [5, 5.41) is 1.95. The van der Waals surface area contributed by atoms with Gasteiger partial charge in [-0.1, -0.05) is 29.5 Å². The van der Waals surface area contributed by atoms with E-state index in [1.807, 2.05) is 36.5 Å². The van der Waals surface area contributed by atoms with Crippen molar-refractivity contribution in [1.29, 1.82) is 0 Å². The van der Waals surface area contributed by atoms with Crippen LogP contribution in [-0.2, 0) is 6.54 Å². The van der Waals surface area contributed by atoms with Crippen molar-refractivity contribution in [3.8, 4) is 11.8 Å². The molecule has 0 saturated carbocycles. The molecule has 3 nitrogen and oxygen atoms in total. The van der Waals surface area contributed by atoms with E-state index in [9.17, 15) is 0 Å². The Kier molecular flexibility index (Phi) is 4.56. The van der Waals surface area contributed by atoms with Crippen LogP contribution in [0.15, 0.2) is 60.4 Å². The Labute approximate surface area is 152 Å². The third-order valence-electron chi connectivity index (χ3n) is 4.44. The van der Waals surface area contributed by atoms with Crippen molar-refractivity contribution < 1.29 is 0 Å². The van der Waals surface area contributed by atoms with Gasteiger partial charge in [-0.2, -0.15) is 0 Å². The van der Waals surface area contributed by atoms with Crippen LogP contribution in [-0.4, -0.2) is 28.0 Å². The Bertz CT molecular complexity index is 974. The molecule has 2 aromatic heterocycles. The number of rotatable bonds is 2. The van der Waals surface area contributed by atoms with Gasteiger partial charge in [0.25, 0.3) is 0 Å². The van der Waals surface area contributed by atoms with Gasteiger partial charge in [0.1, 0.15) is 5.65 Å². The summed E-state index contributed by atoms with van der Waals surface area (Å²) >= 11 is 5.90. The van der Waals surface area contributed by atoms with Crippen LogP contribution in [0.2, 0.25) is 5.02 Å². The summed E-state index contributed by atoms with van der Waals surface area (Å²) < 4.78 is 0.